The second-order valence-electron chi connectivity index (χ2n) is 27.9. The number of rotatable bonds is 70. The van der Waals surface area contributed by atoms with E-state index in [2.05, 4.69) is 13.8 Å². The van der Waals surface area contributed by atoms with Crippen molar-refractivity contribution in [3.8, 4) is 0 Å². The number of unbranched alkanes of at least 4 members (excludes halogenated alkanes) is 9. The minimum Gasteiger partial charge on any atom is -0.785 e. The van der Waals surface area contributed by atoms with Gasteiger partial charge in [0.2, 0.25) is 5.91 Å². The molecule has 12 unspecified atom stereocenters. The molecule has 0 aromatic carbocycles. The Bertz CT molecular complexity index is 2480. The fraction of sp³-hybridized carbons (Fsp3) is 0.985. The largest absolute Gasteiger partial charge is 0.785 e. The minimum absolute atomic E-state index is 0.0183. The van der Waals surface area contributed by atoms with Crippen LogP contribution in [-0.2, 0) is 112 Å². The highest BCUT2D eigenvalue weighted by atomic mass is 31.8. The number of phosphoric ester groups is 3. The van der Waals surface area contributed by atoms with E-state index < -0.39 is 167 Å². The van der Waals surface area contributed by atoms with E-state index in [1.807, 2.05) is 13.8 Å². The van der Waals surface area contributed by atoms with Crippen molar-refractivity contribution in [2.75, 3.05) is 172 Å². The average Bonchev–Trinajstić information content (AvgIpc) is 0.840. The van der Waals surface area contributed by atoms with Gasteiger partial charge < -0.3 is 169 Å². The van der Waals surface area contributed by atoms with Gasteiger partial charge in [0.05, 0.1) is 143 Å². The van der Waals surface area contributed by atoms with Gasteiger partial charge in [0.15, 0.2) is 18.9 Å². The van der Waals surface area contributed by atoms with Crippen LogP contribution < -0.4 is 24.9 Å². The normalized spacial score (nSPS) is 27.6. The first-order chi connectivity index (χ1) is 52.8. The molecular weight excluding hydrogens is 1580 g/mol. The Morgan fingerprint density at radius 2 is 0.730 bits per heavy atom. The second kappa shape index (κ2) is 59.3. The van der Waals surface area contributed by atoms with Crippen molar-refractivity contribution < 1.29 is 182 Å². The second-order valence-corrected chi connectivity index (χ2v) is 35.3. The third-order valence-corrected chi connectivity index (χ3v) is 22.5. The van der Waals surface area contributed by atoms with Gasteiger partial charge in [0.1, 0.15) is 48.8 Å². The zero-order chi connectivity index (χ0) is 82.1. The quantitative estimate of drug-likeness (QED) is 0.0293. The van der Waals surface area contributed by atoms with E-state index in [1.165, 1.54) is 6.92 Å². The molecule has 0 spiro atoms. The minimum atomic E-state index is -5.12. The summed E-state index contributed by atoms with van der Waals surface area (Å²) < 4.78 is 150. The lowest BCUT2D eigenvalue weighted by atomic mass is 9.92. The predicted molar refractivity (Wildman–Crippen MR) is 389 cm³/mol. The van der Waals surface area contributed by atoms with Gasteiger partial charge in [-0.05, 0) is 84.5 Å². The third kappa shape index (κ3) is 45.7. The van der Waals surface area contributed by atoms with Crippen molar-refractivity contribution in [3.05, 3.63) is 0 Å². The number of ether oxygens (including phenoxy) is 12. The summed E-state index contributed by atoms with van der Waals surface area (Å²) in [4.78, 5) is 63.9. The number of nitrogens with one attached hydrogen (secondary N) is 1. The zero-order valence-electron chi connectivity index (χ0n) is 64.9. The Morgan fingerprint density at radius 3 is 1.10 bits per heavy atom. The molecule has 11 N–H and O–H groups in total. The van der Waals surface area contributed by atoms with Crippen molar-refractivity contribution in [3.63, 3.8) is 0 Å². The van der Waals surface area contributed by atoms with E-state index in [9.17, 15) is 89.1 Å². The van der Waals surface area contributed by atoms with Crippen LogP contribution in [0.4, 0.5) is 0 Å². The van der Waals surface area contributed by atoms with E-state index >= 15 is 0 Å². The number of aliphatic hydroxyl groups excluding tert-OH is 10. The molecule has 111 heavy (non-hydrogen) atoms. The first-order valence-electron chi connectivity index (χ1n) is 38.4. The Balaban J connectivity index is 1.61. The van der Waals surface area contributed by atoms with Gasteiger partial charge >= 0.3 is 0 Å². The standard InChI is InChI=1S/C67H133NO38P5/c1-49(2)92-31-18-23-87-43-53(39-69)44-88-24-19-35-100-110(84,85)103-48-67(45-89-25-20-36-98-108(80,81)96-32-15-9-6-12-28-93-64-50(3)58(74)60(76)54(40-70)104-64,47-91-27-22-38-102-111(86,107)101-34-17-11-8-13-29-94-65-51(4)59(75)61(77)55(41-71)105-65)46-90-26-21-37-99-109(82,83)97-33-16-10-7-14-30-95-66-57(68-52(5)73)63(79)62(78)56(42-72)106-66/h49-51,53-66,69-72,74-79,107H,6-48H2,1-5H3,(H4-,68,73,80,81,82,83,84,85,86)/q-1/p-3/t50?,51?,53?,54?,55?,56?,57?,58-,59-,60+,61+,62+,63-,64-,65-,66-,67?,111?/m1/s1. The van der Waals surface area contributed by atoms with Crippen molar-refractivity contribution in [1.29, 1.82) is 0 Å². The highest BCUT2D eigenvalue weighted by Gasteiger charge is 2.46. The van der Waals surface area contributed by atoms with Crippen LogP contribution in [0.1, 0.15) is 144 Å². The van der Waals surface area contributed by atoms with Crippen LogP contribution in [0.3, 0.4) is 0 Å². The Hall–Kier alpha value is -0.470. The van der Waals surface area contributed by atoms with Crippen LogP contribution in [0.25, 0.3) is 0 Å². The molecule has 3 heterocycles. The molecule has 3 aliphatic heterocycles. The van der Waals surface area contributed by atoms with Crippen molar-refractivity contribution in [1.82, 2.24) is 5.32 Å². The Morgan fingerprint density at radius 1 is 0.414 bits per heavy atom. The molecule has 0 aromatic rings. The Labute approximate surface area is 654 Å². The molecule has 3 rings (SSSR count). The van der Waals surface area contributed by atoms with Gasteiger partial charge in [-0.15, -0.1) is 0 Å². The summed E-state index contributed by atoms with van der Waals surface area (Å²) in [5, 5.41) is 102. The van der Waals surface area contributed by atoms with Crippen molar-refractivity contribution in [2.45, 2.75) is 230 Å². The molecule has 0 aliphatic carbocycles. The van der Waals surface area contributed by atoms with E-state index in [4.69, 9.17) is 93.0 Å². The maximum Gasteiger partial charge on any atom is 0.267 e. The number of phosphoric acid groups is 3. The number of hydrogen-bond acceptors (Lipinski definition) is 38. The molecule has 0 saturated carbocycles. The molecule has 3 fully saturated rings. The zero-order valence-corrected chi connectivity index (χ0v) is 69.5. The van der Waals surface area contributed by atoms with Gasteiger partial charge in [0.25, 0.3) is 23.5 Å². The lowest BCUT2D eigenvalue weighted by Crippen LogP contribution is -2.64. The van der Waals surface area contributed by atoms with Gasteiger partial charge in [-0.2, -0.15) is 0 Å². The van der Waals surface area contributed by atoms with Crippen LogP contribution in [0.15, 0.2) is 0 Å². The van der Waals surface area contributed by atoms with E-state index in [0.29, 0.717) is 96.7 Å². The molecule has 21 atom stereocenters. The number of carbonyl (C=O) groups is 1. The SMILES string of the molecule is CC(=O)NC1[C@H](OCCCCCCOP(=O)([O-])OCCCOCC(COCCCOP(=O)([O-])OCCCCCCO[C@@H]2OC(CO)[C@H](O)[C@H](O)C2C)(COCCCOP([O-])(=P)OCCCCCCO[C@@H]2OC(CO)[C@H](O)[C@H](O)C2C)COP(=O)([O-])OCCCOCC(CO)COCCCOC(C)C)OC(CO)[C@H](O)[C@@H]1O. The molecule has 1 amide bonds. The van der Waals surface area contributed by atoms with Crippen LogP contribution >= 0.6 is 39.2 Å². The number of aliphatic hydroxyl groups is 10. The molecule has 3 aliphatic rings. The summed E-state index contributed by atoms with van der Waals surface area (Å²) in [5.41, 5.74) is -1.51. The molecule has 0 aromatic heterocycles. The molecule has 0 bridgehead atoms. The van der Waals surface area contributed by atoms with Gasteiger partial charge in [-0.25, -0.2) is 0 Å². The summed E-state index contributed by atoms with van der Waals surface area (Å²) in [6, 6.07) is -1.10. The number of carbonyl (C=O) groups excluding carboxylic acids is 1. The smallest absolute Gasteiger partial charge is 0.267 e. The average molecular weight is 1710 g/mol. The summed E-state index contributed by atoms with van der Waals surface area (Å²) in [6.45, 7) is 4.79. The molecule has 660 valence electrons. The molecular formula is C67H130NO38P5-4. The van der Waals surface area contributed by atoms with E-state index in [0.717, 1.165) is 0 Å². The van der Waals surface area contributed by atoms with Crippen molar-refractivity contribution >= 4 is 45.1 Å². The lowest BCUT2D eigenvalue weighted by Gasteiger charge is -2.42. The highest BCUT2D eigenvalue weighted by molar-refractivity contribution is 7.88. The van der Waals surface area contributed by atoms with Gasteiger partial charge in [-0.3, -0.25) is 18.5 Å². The fourth-order valence-electron chi connectivity index (χ4n) is 11.2. The van der Waals surface area contributed by atoms with E-state index in [1.54, 1.807) is 13.8 Å². The highest BCUT2D eigenvalue weighted by Crippen LogP contribution is 2.46. The molecule has 0 radical (unpaired) electrons. The maximum absolute atomic E-state index is 13.4. The number of amides is 1. The monoisotopic (exact) mass is 1710 g/mol. The predicted octanol–water partition coefficient (Wildman–Crippen LogP) is 0.583. The molecule has 44 heteroatoms. The Kier molecular flexibility index (Phi) is 55.9. The summed E-state index contributed by atoms with van der Waals surface area (Å²) >= 11 is 0. The van der Waals surface area contributed by atoms with Gasteiger partial charge in [0, 0.05) is 84.1 Å². The van der Waals surface area contributed by atoms with Crippen LogP contribution in [0, 0.1) is 23.2 Å². The van der Waals surface area contributed by atoms with Crippen LogP contribution in [0.5, 0.6) is 0 Å². The van der Waals surface area contributed by atoms with Gasteiger partial charge in [-0.1, -0.05) is 60.9 Å². The summed E-state index contributed by atoms with van der Waals surface area (Å²) in [5.74, 6) is -1.93. The molecule has 3 saturated heterocycles. The summed E-state index contributed by atoms with van der Waals surface area (Å²) in [6.07, 6.45) is -6.34. The fourth-order valence-corrected chi connectivity index (χ4v) is 15.0. The summed E-state index contributed by atoms with van der Waals surface area (Å²) in [7, 11) is -15.4. The molecule has 39 nitrogen and oxygen atoms in total. The van der Waals surface area contributed by atoms with E-state index in [-0.39, 0.29) is 163 Å². The topological polar surface area (TPSA) is 559 Å². The third-order valence-electron chi connectivity index (χ3n) is 17.7. The maximum atomic E-state index is 13.4. The lowest BCUT2D eigenvalue weighted by molar-refractivity contribution is -0.282. The van der Waals surface area contributed by atoms with Crippen molar-refractivity contribution in [2.24, 2.45) is 23.2 Å². The first kappa shape index (κ1) is 105. The first-order valence-corrected chi connectivity index (χ1v) is 45.7. The van der Waals surface area contributed by atoms with Crippen LogP contribution in [0.2, 0.25) is 0 Å². The van der Waals surface area contributed by atoms with Crippen LogP contribution in [-0.4, -0.2) is 315 Å². The number of hydrogen-bond donors (Lipinski definition) is 11.